The number of amides is 2. The Bertz CT molecular complexity index is 551. The van der Waals surface area contributed by atoms with Gasteiger partial charge in [0.2, 0.25) is 0 Å². The van der Waals surface area contributed by atoms with Crippen LogP contribution in [0.4, 0.5) is 22.4 Å². The molecule has 9 heteroatoms. The van der Waals surface area contributed by atoms with Gasteiger partial charge in [0.15, 0.2) is 17.7 Å². The van der Waals surface area contributed by atoms with E-state index in [9.17, 15) is 22.4 Å². The topological polar surface area (TPSA) is 61.8 Å². The molecule has 0 saturated heterocycles. The van der Waals surface area contributed by atoms with Gasteiger partial charge in [-0.3, -0.25) is 0 Å². The van der Waals surface area contributed by atoms with Gasteiger partial charge in [0, 0.05) is 7.05 Å². The summed E-state index contributed by atoms with van der Waals surface area (Å²) in [5.41, 5.74) is 0.515. The van der Waals surface area contributed by atoms with Gasteiger partial charge in [0.25, 0.3) is 0 Å². The van der Waals surface area contributed by atoms with Crippen LogP contribution in [0, 0.1) is 5.82 Å². The summed E-state index contributed by atoms with van der Waals surface area (Å²) in [7, 11) is 2.42. The second-order valence-electron chi connectivity index (χ2n) is 5.00. The number of rotatable bonds is 5. The molecule has 1 rings (SSSR count). The van der Waals surface area contributed by atoms with Gasteiger partial charge >= 0.3 is 12.2 Å². The minimum absolute atomic E-state index is 0.00977. The Balaban J connectivity index is 2.69. The van der Waals surface area contributed by atoms with Crippen molar-refractivity contribution in [1.29, 1.82) is 0 Å². The third-order valence-corrected chi connectivity index (χ3v) is 3.19. The molecule has 2 amide bonds. The summed E-state index contributed by atoms with van der Waals surface area (Å²) in [6.45, 7) is 0.688. The van der Waals surface area contributed by atoms with Crippen LogP contribution in [0.2, 0.25) is 0 Å². The van der Waals surface area contributed by atoms with E-state index in [1.165, 1.54) is 19.2 Å². The molecule has 0 saturated carbocycles. The maximum Gasteiger partial charge on any atom is 0.416 e. The Morgan fingerprint density at radius 3 is 2.57 bits per heavy atom. The number of nitrogens with zero attached hydrogens (tertiary/aromatic N) is 1. The van der Waals surface area contributed by atoms with Crippen LogP contribution >= 0.6 is 0 Å². The number of carbonyl (C=O) groups is 1. The first-order valence-electron chi connectivity index (χ1n) is 6.66. The van der Waals surface area contributed by atoms with E-state index in [1.807, 2.05) is 0 Å². The van der Waals surface area contributed by atoms with E-state index < -0.39 is 36.7 Å². The van der Waals surface area contributed by atoms with Gasteiger partial charge in [-0.05, 0) is 24.6 Å². The maximum absolute atomic E-state index is 13.3. The van der Waals surface area contributed by atoms with Crippen LogP contribution in [-0.4, -0.2) is 49.0 Å². The molecule has 1 aromatic carbocycles. The van der Waals surface area contributed by atoms with Crippen molar-refractivity contribution in [2.45, 2.75) is 25.2 Å². The molecule has 0 aliphatic carbocycles. The number of halogens is 4. The quantitative estimate of drug-likeness (QED) is 0.811. The van der Waals surface area contributed by atoms with Crippen LogP contribution in [-0.2, 0) is 0 Å². The number of nitrogens with one attached hydrogen (secondary N) is 1. The van der Waals surface area contributed by atoms with Crippen molar-refractivity contribution in [3.05, 3.63) is 29.6 Å². The average Bonchev–Trinajstić information content (AvgIpc) is 2.46. The molecule has 23 heavy (non-hydrogen) atoms. The molecule has 0 aromatic heterocycles. The first kappa shape index (κ1) is 19.0. The smallest absolute Gasteiger partial charge is 0.416 e. The Kier molecular flexibility index (Phi) is 6.20. The fourth-order valence-corrected chi connectivity index (χ4v) is 1.77. The molecule has 2 atom stereocenters. The molecule has 2 N–H and O–H groups in total. The first-order chi connectivity index (χ1) is 10.6. The lowest BCUT2D eigenvalue weighted by atomic mass is 10.1. The first-order valence-corrected chi connectivity index (χ1v) is 6.66. The number of aliphatic hydroxyl groups excluding tert-OH is 1. The molecule has 0 bridgehead atoms. The zero-order chi connectivity index (χ0) is 17.8. The second-order valence-corrected chi connectivity index (χ2v) is 5.00. The molecule has 1 aromatic rings. The van der Waals surface area contributed by atoms with Gasteiger partial charge in [-0.1, -0.05) is 6.07 Å². The van der Waals surface area contributed by atoms with Gasteiger partial charge in [0.05, 0.1) is 19.7 Å². The van der Waals surface area contributed by atoms with E-state index in [2.05, 4.69) is 5.32 Å². The summed E-state index contributed by atoms with van der Waals surface area (Å²) < 4.78 is 54.9. The van der Waals surface area contributed by atoms with Crippen LogP contribution in [0.15, 0.2) is 18.2 Å². The minimum Gasteiger partial charge on any atom is -0.494 e. The van der Waals surface area contributed by atoms with Gasteiger partial charge in [-0.15, -0.1) is 0 Å². The predicted molar refractivity (Wildman–Crippen MR) is 74.6 cm³/mol. The zero-order valence-electron chi connectivity index (χ0n) is 12.8. The summed E-state index contributed by atoms with van der Waals surface area (Å²) in [5.74, 6) is -0.579. The SMILES string of the molecule is COc1cc([C@H](C)NC(=O)N(C)C[C@H](O)C(F)(F)F)ccc1F. The summed E-state index contributed by atoms with van der Waals surface area (Å²) in [6, 6.07) is 2.57. The third kappa shape index (κ3) is 5.27. The van der Waals surface area contributed by atoms with Crippen LogP contribution in [0.3, 0.4) is 0 Å². The third-order valence-electron chi connectivity index (χ3n) is 3.19. The number of ether oxygens (including phenoxy) is 1. The molecule has 0 unspecified atom stereocenters. The molecule has 0 aliphatic heterocycles. The highest BCUT2D eigenvalue weighted by atomic mass is 19.4. The second kappa shape index (κ2) is 7.49. The van der Waals surface area contributed by atoms with Gasteiger partial charge in [-0.2, -0.15) is 13.2 Å². The maximum atomic E-state index is 13.3. The Morgan fingerprint density at radius 2 is 2.04 bits per heavy atom. The van der Waals surface area contributed by atoms with Gasteiger partial charge in [-0.25, -0.2) is 9.18 Å². The zero-order valence-corrected chi connectivity index (χ0v) is 12.8. The normalized spacial score (nSPS) is 14.1. The highest BCUT2D eigenvalue weighted by molar-refractivity contribution is 5.74. The number of hydrogen-bond acceptors (Lipinski definition) is 3. The number of methoxy groups -OCH3 is 1. The lowest BCUT2D eigenvalue weighted by molar-refractivity contribution is -0.205. The molecule has 0 spiro atoms. The van der Waals surface area contributed by atoms with Crippen LogP contribution in [0.25, 0.3) is 0 Å². The number of likely N-dealkylation sites (N-methyl/N-ethyl adjacent to an activating group) is 1. The van der Waals surface area contributed by atoms with Crippen molar-refractivity contribution in [1.82, 2.24) is 10.2 Å². The number of urea groups is 1. The van der Waals surface area contributed by atoms with E-state index in [0.29, 0.717) is 5.56 Å². The van der Waals surface area contributed by atoms with E-state index >= 15 is 0 Å². The van der Waals surface area contributed by atoms with Crippen molar-refractivity contribution >= 4 is 6.03 Å². The number of benzene rings is 1. The fraction of sp³-hybridized carbons (Fsp3) is 0.500. The van der Waals surface area contributed by atoms with E-state index in [-0.39, 0.29) is 5.75 Å². The molecule has 0 heterocycles. The van der Waals surface area contributed by atoms with Crippen molar-refractivity contribution in [3.63, 3.8) is 0 Å². The average molecular weight is 338 g/mol. The van der Waals surface area contributed by atoms with Crippen LogP contribution in [0.1, 0.15) is 18.5 Å². The van der Waals surface area contributed by atoms with Crippen molar-refractivity contribution in [3.8, 4) is 5.75 Å². The van der Waals surface area contributed by atoms with Crippen LogP contribution < -0.4 is 10.1 Å². The largest absolute Gasteiger partial charge is 0.494 e. The van der Waals surface area contributed by atoms with E-state index in [0.717, 1.165) is 18.0 Å². The molecule has 0 aliphatic rings. The molecular weight excluding hydrogens is 320 g/mol. The number of alkyl halides is 3. The summed E-state index contributed by atoms with van der Waals surface area (Å²) in [5, 5.41) is 11.4. The molecule has 0 radical (unpaired) electrons. The van der Waals surface area contributed by atoms with E-state index in [4.69, 9.17) is 9.84 Å². The number of hydrogen-bond donors (Lipinski definition) is 2. The Morgan fingerprint density at radius 1 is 1.43 bits per heavy atom. The van der Waals surface area contributed by atoms with Crippen molar-refractivity contribution < 1.29 is 32.2 Å². The number of carbonyl (C=O) groups excluding carboxylic acids is 1. The number of aliphatic hydroxyl groups is 1. The predicted octanol–water partition coefficient (Wildman–Crippen LogP) is 2.46. The summed E-state index contributed by atoms with van der Waals surface area (Å²) in [6.07, 6.45) is -7.43. The minimum atomic E-state index is -4.80. The van der Waals surface area contributed by atoms with Crippen molar-refractivity contribution in [2.24, 2.45) is 0 Å². The molecule has 0 fully saturated rings. The standard InChI is InChI=1S/C14H18F4N2O3/c1-8(9-4-5-10(15)11(6-9)23-3)19-13(22)20(2)7-12(21)14(16,17)18/h4-6,8,12,21H,7H2,1-3H3,(H,19,22)/t8-,12-/m0/s1. The molecule has 5 nitrogen and oxygen atoms in total. The van der Waals surface area contributed by atoms with E-state index in [1.54, 1.807) is 6.92 Å². The molecule has 130 valence electrons. The van der Waals surface area contributed by atoms with Gasteiger partial charge in [0.1, 0.15) is 0 Å². The highest BCUT2D eigenvalue weighted by Gasteiger charge is 2.39. The lowest BCUT2D eigenvalue weighted by Crippen LogP contribution is -2.46. The molecular formula is C14H18F4N2O3. The monoisotopic (exact) mass is 338 g/mol. The highest BCUT2D eigenvalue weighted by Crippen LogP contribution is 2.23. The Hall–Kier alpha value is -2.03. The lowest BCUT2D eigenvalue weighted by Gasteiger charge is -2.24. The summed E-state index contributed by atoms with van der Waals surface area (Å²) in [4.78, 5) is 12.6. The van der Waals surface area contributed by atoms with Gasteiger partial charge < -0.3 is 20.1 Å². The van der Waals surface area contributed by atoms with Crippen LogP contribution in [0.5, 0.6) is 5.75 Å². The fourth-order valence-electron chi connectivity index (χ4n) is 1.77. The van der Waals surface area contributed by atoms with Crippen molar-refractivity contribution in [2.75, 3.05) is 20.7 Å². The summed E-state index contributed by atoms with van der Waals surface area (Å²) >= 11 is 0. The Labute approximate surface area is 130 Å².